The Balaban J connectivity index is 2.66. The van der Waals surface area contributed by atoms with Crippen LogP contribution in [0.1, 0.15) is 22.3 Å². The van der Waals surface area contributed by atoms with Gasteiger partial charge in [-0.25, -0.2) is 0 Å². The van der Waals surface area contributed by atoms with E-state index in [4.69, 9.17) is 0 Å². The maximum absolute atomic E-state index is 12.3. The first-order chi connectivity index (χ1) is 8.95. The maximum Gasteiger partial charge on any atom is 0.253 e. The van der Waals surface area contributed by atoms with Crippen LogP contribution < -0.4 is 5.32 Å². The molecule has 19 heavy (non-hydrogen) atoms. The third-order valence-corrected chi connectivity index (χ3v) is 3.19. The van der Waals surface area contributed by atoms with Crippen LogP contribution in [0.2, 0.25) is 0 Å². The van der Waals surface area contributed by atoms with Gasteiger partial charge in [0.1, 0.15) is 0 Å². The highest BCUT2D eigenvalue weighted by Crippen LogP contribution is 2.16. The Morgan fingerprint density at radius 1 is 1.21 bits per heavy atom. The smallest absolute Gasteiger partial charge is 0.253 e. The third kappa shape index (κ3) is 4.56. The number of hydrogen-bond donors (Lipinski definition) is 1. The summed E-state index contributed by atoms with van der Waals surface area (Å²) in [6, 6.07) is 5.83. The summed E-state index contributed by atoms with van der Waals surface area (Å²) in [5.41, 5.74) is 2.83. The van der Waals surface area contributed by atoms with Crippen molar-refractivity contribution in [1.82, 2.24) is 9.80 Å². The van der Waals surface area contributed by atoms with Gasteiger partial charge in [-0.2, -0.15) is 0 Å². The van der Waals surface area contributed by atoms with Gasteiger partial charge in [-0.05, 0) is 57.7 Å². The van der Waals surface area contributed by atoms with Crippen LogP contribution in [0.4, 0.5) is 5.69 Å². The van der Waals surface area contributed by atoms with Crippen molar-refractivity contribution in [3.8, 4) is 0 Å². The van der Waals surface area contributed by atoms with Crippen LogP contribution in [0.3, 0.4) is 0 Å². The monoisotopic (exact) mass is 263 g/mol. The minimum absolute atomic E-state index is 0.0962. The SMILES string of the molecule is CNc1ccc(C(=O)N(C)CCCN(C)C)c(C)c1. The largest absolute Gasteiger partial charge is 0.388 e. The van der Waals surface area contributed by atoms with Crippen LogP contribution in [0.25, 0.3) is 0 Å². The van der Waals surface area contributed by atoms with Crippen molar-refractivity contribution >= 4 is 11.6 Å². The van der Waals surface area contributed by atoms with E-state index in [0.29, 0.717) is 0 Å². The number of carbonyl (C=O) groups is 1. The quantitative estimate of drug-likeness (QED) is 0.853. The van der Waals surface area contributed by atoms with Gasteiger partial charge >= 0.3 is 0 Å². The standard InChI is InChI=1S/C15H25N3O/c1-12-11-13(16-2)7-8-14(12)15(19)18(5)10-6-9-17(3)4/h7-8,11,16H,6,9-10H2,1-5H3. The molecular formula is C15H25N3O. The van der Waals surface area contributed by atoms with Crippen molar-refractivity contribution in [3.05, 3.63) is 29.3 Å². The Hall–Kier alpha value is -1.55. The predicted octanol–water partition coefficient (Wildman–Crippen LogP) is 2.06. The lowest BCUT2D eigenvalue weighted by molar-refractivity contribution is 0.0790. The molecule has 4 nitrogen and oxygen atoms in total. The van der Waals surface area contributed by atoms with Gasteiger partial charge < -0.3 is 15.1 Å². The van der Waals surface area contributed by atoms with E-state index < -0.39 is 0 Å². The Morgan fingerprint density at radius 3 is 2.42 bits per heavy atom. The summed E-state index contributed by atoms with van der Waals surface area (Å²) in [6.45, 7) is 3.75. The fourth-order valence-corrected chi connectivity index (χ4v) is 1.99. The molecule has 0 saturated carbocycles. The van der Waals surface area contributed by atoms with Crippen molar-refractivity contribution in [1.29, 1.82) is 0 Å². The highest BCUT2D eigenvalue weighted by molar-refractivity contribution is 5.95. The minimum atomic E-state index is 0.0962. The zero-order valence-corrected chi connectivity index (χ0v) is 12.7. The third-order valence-electron chi connectivity index (χ3n) is 3.19. The number of rotatable bonds is 6. The molecule has 0 fully saturated rings. The second-order valence-corrected chi connectivity index (χ2v) is 5.16. The first-order valence-corrected chi connectivity index (χ1v) is 6.64. The molecule has 0 radical (unpaired) electrons. The van der Waals surface area contributed by atoms with Crippen molar-refractivity contribution in [3.63, 3.8) is 0 Å². The molecule has 0 bridgehead atoms. The average molecular weight is 263 g/mol. The molecule has 0 unspecified atom stereocenters. The second-order valence-electron chi connectivity index (χ2n) is 5.16. The summed E-state index contributed by atoms with van der Waals surface area (Å²) in [4.78, 5) is 16.3. The van der Waals surface area contributed by atoms with E-state index >= 15 is 0 Å². The molecule has 1 N–H and O–H groups in total. The van der Waals surface area contributed by atoms with Gasteiger partial charge in [0.25, 0.3) is 5.91 Å². The molecule has 0 atom stereocenters. The van der Waals surface area contributed by atoms with Gasteiger partial charge in [-0.15, -0.1) is 0 Å². The number of hydrogen-bond acceptors (Lipinski definition) is 3. The first kappa shape index (κ1) is 15.5. The number of anilines is 1. The van der Waals surface area contributed by atoms with E-state index in [0.717, 1.165) is 36.3 Å². The Kier molecular flexibility index (Phi) is 5.83. The summed E-state index contributed by atoms with van der Waals surface area (Å²) >= 11 is 0. The van der Waals surface area contributed by atoms with E-state index in [9.17, 15) is 4.79 Å². The highest BCUT2D eigenvalue weighted by Gasteiger charge is 2.13. The molecule has 0 aliphatic carbocycles. The number of carbonyl (C=O) groups excluding carboxylic acids is 1. The topological polar surface area (TPSA) is 35.6 Å². The number of aryl methyl sites for hydroxylation is 1. The van der Waals surface area contributed by atoms with Gasteiger partial charge in [-0.1, -0.05) is 0 Å². The number of amides is 1. The van der Waals surface area contributed by atoms with Gasteiger partial charge in [0.05, 0.1) is 0 Å². The molecule has 4 heteroatoms. The average Bonchev–Trinajstić information content (AvgIpc) is 2.37. The summed E-state index contributed by atoms with van der Waals surface area (Å²) in [5, 5.41) is 3.08. The number of nitrogens with zero attached hydrogens (tertiary/aromatic N) is 2. The van der Waals surface area contributed by atoms with Gasteiger partial charge in [0, 0.05) is 31.9 Å². The fourth-order valence-electron chi connectivity index (χ4n) is 1.99. The zero-order valence-electron chi connectivity index (χ0n) is 12.7. The Labute approximate surface area is 116 Å². The van der Waals surface area contributed by atoms with Crippen molar-refractivity contribution in [2.45, 2.75) is 13.3 Å². The van der Waals surface area contributed by atoms with Crippen molar-refractivity contribution < 1.29 is 4.79 Å². The van der Waals surface area contributed by atoms with Gasteiger partial charge in [-0.3, -0.25) is 4.79 Å². The Bertz CT molecular complexity index is 429. The fraction of sp³-hybridized carbons (Fsp3) is 0.533. The molecule has 106 valence electrons. The van der Waals surface area contributed by atoms with E-state index in [1.807, 2.05) is 53.3 Å². The van der Waals surface area contributed by atoms with Crippen LogP contribution in [0.15, 0.2) is 18.2 Å². The molecule has 0 aliphatic rings. The summed E-state index contributed by atoms with van der Waals surface area (Å²) in [6.07, 6.45) is 0.989. The molecular weight excluding hydrogens is 238 g/mol. The molecule has 0 aliphatic heterocycles. The van der Waals surface area contributed by atoms with E-state index in [1.54, 1.807) is 4.90 Å². The van der Waals surface area contributed by atoms with Gasteiger partial charge in [0.2, 0.25) is 0 Å². The zero-order chi connectivity index (χ0) is 14.4. The van der Waals surface area contributed by atoms with E-state index in [-0.39, 0.29) is 5.91 Å². The van der Waals surface area contributed by atoms with Crippen molar-refractivity contribution in [2.75, 3.05) is 46.6 Å². The van der Waals surface area contributed by atoms with E-state index in [1.165, 1.54) is 0 Å². The lowest BCUT2D eigenvalue weighted by atomic mass is 10.1. The molecule has 0 heterocycles. The molecule has 0 aromatic heterocycles. The van der Waals surface area contributed by atoms with Crippen molar-refractivity contribution in [2.24, 2.45) is 0 Å². The van der Waals surface area contributed by atoms with Crippen LogP contribution in [0.5, 0.6) is 0 Å². The lowest BCUT2D eigenvalue weighted by Gasteiger charge is -2.20. The van der Waals surface area contributed by atoms with Crippen LogP contribution >= 0.6 is 0 Å². The number of benzene rings is 1. The summed E-state index contributed by atoms with van der Waals surface area (Å²) in [5.74, 6) is 0.0962. The molecule has 1 aromatic rings. The van der Waals surface area contributed by atoms with Crippen LogP contribution in [-0.2, 0) is 0 Å². The maximum atomic E-state index is 12.3. The van der Waals surface area contributed by atoms with E-state index in [2.05, 4.69) is 10.2 Å². The van der Waals surface area contributed by atoms with Crippen LogP contribution in [0, 0.1) is 6.92 Å². The van der Waals surface area contributed by atoms with Gasteiger partial charge in [0.15, 0.2) is 0 Å². The Morgan fingerprint density at radius 2 is 1.89 bits per heavy atom. The minimum Gasteiger partial charge on any atom is -0.388 e. The second kappa shape index (κ2) is 7.14. The lowest BCUT2D eigenvalue weighted by Crippen LogP contribution is -2.30. The summed E-state index contributed by atoms with van der Waals surface area (Å²) < 4.78 is 0. The molecule has 0 saturated heterocycles. The first-order valence-electron chi connectivity index (χ1n) is 6.64. The molecule has 1 aromatic carbocycles. The molecule has 1 rings (SSSR count). The number of nitrogens with one attached hydrogen (secondary N) is 1. The van der Waals surface area contributed by atoms with Crippen LogP contribution in [-0.4, -0.2) is 57.0 Å². The molecule has 1 amide bonds. The summed E-state index contributed by atoms with van der Waals surface area (Å²) in [7, 11) is 7.83. The predicted molar refractivity (Wildman–Crippen MR) is 80.9 cm³/mol. The molecule has 0 spiro atoms. The normalized spacial score (nSPS) is 10.6. The highest BCUT2D eigenvalue weighted by atomic mass is 16.2.